The number of urea groups is 1. The van der Waals surface area contributed by atoms with Gasteiger partial charge < -0.3 is 10.1 Å². The zero-order chi connectivity index (χ0) is 15.5. The third-order valence-electron chi connectivity index (χ3n) is 3.37. The van der Waals surface area contributed by atoms with Crippen LogP contribution in [-0.2, 0) is 17.7 Å². The fraction of sp³-hybridized carbons (Fsp3) is 0.385. The van der Waals surface area contributed by atoms with Crippen LogP contribution in [0.1, 0.15) is 21.9 Å². The molecule has 2 N–H and O–H groups in total. The summed E-state index contributed by atoms with van der Waals surface area (Å²) in [7, 11) is 1.32. The van der Waals surface area contributed by atoms with Crippen molar-refractivity contribution in [3.63, 3.8) is 0 Å². The van der Waals surface area contributed by atoms with E-state index in [0.717, 1.165) is 18.7 Å². The van der Waals surface area contributed by atoms with Crippen molar-refractivity contribution in [1.82, 2.24) is 20.1 Å². The van der Waals surface area contributed by atoms with Gasteiger partial charge in [-0.3, -0.25) is 5.32 Å². The Balaban J connectivity index is 1.55. The van der Waals surface area contributed by atoms with Gasteiger partial charge in [-0.15, -0.1) is 11.3 Å². The van der Waals surface area contributed by atoms with Crippen LogP contribution in [0.25, 0.3) is 0 Å². The molecular formula is C13H15N5O3S. The van der Waals surface area contributed by atoms with Gasteiger partial charge in [0.15, 0.2) is 0 Å². The lowest BCUT2D eigenvalue weighted by molar-refractivity contribution is 0.0606. The van der Waals surface area contributed by atoms with E-state index in [-0.39, 0.29) is 12.1 Å². The van der Waals surface area contributed by atoms with Crippen molar-refractivity contribution in [1.29, 1.82) is 0 Å². The Morgan fingerprint density at radius 3 is 3.14 bits per heavy atom. The molecule has 0 saturated heterocycles. The highest BCUT2D eigenvalue weighted by Gasteiger charge is 2.21. The van der Waals surface area contributed by atoms with Gasteiger partial charge in [0.1, 0.15) is 17.0 Å². The molecule has 0 radical (unpaired) electrons. The van der Waals surface area contributed by atoms with Gasteiger partial charge in [0.2, 0.25) is 0 Å². The Labute approximate surface area is 130 Å². The molecule has 1 aliphatic rings. The molecule has 0 spiro atoms. The maximum atomic E-state index is 12.0. The molecule has 2 amide bonds. The van der Waals surface area contributed by atoms with E-state index in [9.17, 15) is 9.59 Å². The van der Waals surface area contributed by atoms with Crippen molar-refractivity contribution < 1.29 is 14.3 Å². The number of amides is 2. The van der Waals surface area contributed by atoms with E-state index in [0.29, 0.717) is 16.4 Å². The van der Waals surface area contributed by atoms with Crippen LogP contribution in [0.3, 0.4) is 0 Å². The molecule has 0 fully saturated rings. The number of nitrogens with one attached hydrogen (secondary N) is 2. The van der Waals surface area contributed by atoms with Gasteiger partial charge in [0.05, 0.1) is 24.7 Å². The average Bonchev–Trinajstić information content (AvgIpc) is 3.14. The number of aryl methyl sites for hydroxylation is 1. The number of fused-ring (bicyclic) bond motifs is 1. The van der Waals surface area contributed by atoms with Crippen molar-refractivity contribution >= 4 is 28.3 Å². The van der Waals surface area contributed by atoms with E-state index < -0.39 is 5.97 Å². The van der Waals surface area contributed by atoms with Crippen LogP contribution < -0.4 is 10.6 Å². The minimum Gasteiger partial charge on any atom is -0.465 e. The number of carbonyl (C=O) groups excluding carboxylic acids is 2. The third kappa shape index (κ3) is 3.08. The first-order valence-corrected chi connectivity index (χ1v) is 7.59. The predicted octanol–water partition coefficient (Wildman–Crippen LogP) is 1.26. The van der Waals surface area contributed by atoms with Gasteiger partial charge in [-0.05, 0) is 18.6 Å². The quantitative estimate of drug-likeness (QED) is 0.829. The van der Waals surface area contributed by atoms with Crippen LogP contribution in [0.5, 0.6) is 0 Å². The second-order valence-corrected chi connectivity index (χ2v) is 5.93. The van der Waals surface area contributed by atoms with Gasteiger partial charge in [-0.25, -0.2) is 19.3 Å². The molecule has 9 heteroatoms. The van der Waals surface area contributed by atoms with E-state index in [2.05, 4.69) is 25.5 Å². The molecular weight excluding hydrogens is 306 g/mol. The summed E-state index contributed by atoms with van der Waals surface area (Å²) in [5.74, 6) is 0.531. The Morgan fingerprint density at radius 2 is 2.32 bits per heavy atom. The molecule has 1 aliphatic heterocycles. The fourth-order valence-electron chi connectivity index (χ4n) is 2.30. The van der Waals surface area contributed by atoms with Gasteiger partial charge in [0, 0.05) is 6.42 Å². The van der Waals surface area contributed by atoms with Gasteiger partial charge in [-0.1, -0.05) is 0 Å². The van der Waals surface area contributed by atoms with Crippen molar-refractivity contribution in [2.24, 2.45) is 0 Å². The Hall–Kier alpha value is -2.42. The third-order valence-corrected chi connectivity index (χ3v) is 4.35. The zero-order valence-corrected chi connectivity index (χ0v) is 12.7. The Morgan fingerprint density at radius 1 is 1.45 bits per heavy atom. The monoisotopic (exact) mass is 321 g/mol. The number of nitrogens with zero attached hydrogens (tertiary/aromatic N) is 3. The Bertz CT molecular complexity index is 695. The van der Waals surface area contributed by atoms with E-state index in [1.165, 1.54) is 24.8 Å². The molecule has 8 nitrogen and oxygen atoms in total. The summed E-state index contributed by atoms with van der Waals surface area (Å²) in [6, 6.07) is 3.00. The molecule has 2 aromatic rings. The maximum Gasteiger partial charge on any atom is 0.348 e. The first-order chi connectivity index (χ1) is 10.7. The number of rotatable bonds is 3. The van der Waals surface area contributed by atoms with Crippen LogP contribution in [0.15, 0.2) is 18.5 Å². The summed E-state index contributed by atoms with van der Waals surface area (Å²) in [6.45, 7) is 0.612. The molecule has 3 heterocycles. The summed E-state index contributed by atoms with van der Waals surface area (Å²) in [5, 5.41) is 10.3. The molecule has 3 rings (SSSR count). The van der Waals surface area contributed by atoms with E-state index in [4.69, 9.17) is 0 Å². The van der Waals surface area contributed by atoms with Gasteiger partial charge in [0.25, 0.3) is 0 Å². The molecule has 2 aromatic heterocycles. The second kappa shape index (κ2) is 6.14. The highest BCUT2D eigenvalue weighted by Crippen LogP contribution is 2.22. The molecule has 1 atom stereocenters. The summed E-state index contributed by atoms with van der Waals surface area (Å²) < 4.78 is 6.43. The standard InChI is InChI=1S/C13H15N5O3S/c1-21-12(19)9-3-5-11(22-9)17-13(20)16-8-2-4-10-14-7-15-18(10)6-8/h3,5,7-8H,2,4,6H2,1H3,(H2,16,17,20). The zero-order valence-electron chi connectivity index (χ0n) is 11.9. The van der Waals surface area contributed by atoms with Crippen molar-refractivity contribution in [2.45, 2.75) is 25.4 Å². The minimum absolute atomic E-state index is 0.00856. The summed E-state index contributed by atoms with van der Waals surface area (Å²) in [5.41, 5.74) is 0. The normalized spacial score (nSPS) is 16.7. The largest absolute Gasteiger partial charge is 0.465 e. The lowest BCUT2D eigenvalue weighted by Gasteiger charge is -2.23. The number of ether oxygens (including phenoxy) is 1. The molecule has 0 saturated carbocycles. The summed E-state index contributed by atoms with van der Waals surface area (Å²) >= 11 is 1.17. The first kappa shape index (κ1) is 14.5. The topological polar surface area (TPSA) is 98.1 Å². The van der Waals surface area contributed by atoms with Crippen LogP contribution in [0, 0.1) is 0 Å². The number of anilines is 1. The van der Waals surface area contributed by atoms with Crippen LogP contribution in [-0.4, -0.2) is 39.9 Å². The van der Waals surface area contributed by atoms with E-state index in [1.54, 1.807) is 16.8 Å². The Kier molecular flexibility index (Phi) is 4.05. The highest BCUT2D eigenvalue weighted by atomic mass is 32.1. The number of hydrogen-bond acceptors (Lipinski definition) is 6. The number of carbonyl (C=O) groups is 2. The number of hydrogen-bond donors (Lipinski definition) is 2. The van der Waals surface area contributed by atoms with Crippen LogP contribution in [0.2, 0.25) is 0 Å². The first-order valence-electron chi connectivity index (χ1n) is 6.78. The van der Waals surface area contributed by atoms with Gasteiger partial charge in [-0.2, -0.15) is 5.10 Å². The minimum atomic E-state index is -0.413. The van der Waals surface area contributed by atoms with E-state index >= 15 is 0 Å². The van der Waals surface area contributed by atoms with Crippen LogP contribution >= 0.6 is 11.3 Å². The van der Waals surface area contributed by atoms with Crippen molar-refractivity contribution in [3.8, 4) is 0 Å². The van der Waals surface area contributed by atoms with Crippen LogP contribution in [0.4, 0.5) is 9.80 Å². The smallest absolute Gasteiger partial charge is 0.348 e. The maximum absolute atomic E-state index is 12.0. The fourth-order valence-corrected chi connectivity index (χ4v) is 3.12. The second-order valence-electron chi connectivity index (χ2n) is 4.85. The number of aromatic nitrogens is 3. The molecule has 1 unspecified atom stereocenters. The average molecular weight is 321 g/mol. The SMILES string of the molecule is COC(=O)c1ccc(NC(=O)NC2CCc3ncnn3C2)s1. The van der Waals surface area contributed by atoms with Crippen molar-refractivity contribution in [3.05, 3.63) is 29.2 Å². The molecule has 0 aliphatic carbocycles. The highest BCUT2D eigenvalue weighted by molar-refractivity contribution is 7.18. The lowest BCUT2D eigenvalue weighted by Crippen LogP contribution is -2.43. The number of methoxy groups -OCH3 is 1. The molecule has 116 valence electrons. The summed E-state index contributed by atoms with van der Waals surface area (Å²) in [6.07, 6.45) is 3.14. The molecule has 22 heavy (non-hydrogen) atoms. The summed E-state index contributed by atoms with van der Waals surface area (Å²) in [4.78, 5) is 28.0. The predicted molar refractivity (Wildman–Crippen MR) is 79.9 cm³/mol. The lowest BCUT2D eigenvalue weighted by atomic mass is 10.1. The number of thiophene rings is 1. The molecule has 0 aromatic carbocycles. The van der Waals surface area contributed by atoms with Crippen molar-refractivity contribution in [2.75, 3.05) is 12.4 Å². The molecule has 0 bridgehead atoms. The van der Waals surface area contributed by atoms with Gasteiger partial charge >= 0.3 is 12.0 Å². The van der Waals surface area contributed by atoms with E-state index in [1.807, 2.05) is 0 Å². The number of esters is 1.